The fourth-order valence-corrected chi connectivity index (χ4v) is 2.93. The Morgan fingerprint density at radius 1 is 1.09 bits per heavy atom. The van der Waals surface area contributed by atoms with Gasteiger partial charge in [-0.05, 0) is 35.9 Å². The van der Waals surface area contributed by atoms with E-state index in [0.29, 0.717) is 22.8 Å². The predicted molar refractivity (Wildman–Crippen MR) is 90.2 cm³/mol. The molecule has 2 amide bonds. The van der Waals surface area contributed by atoms with Crippen LogP contribution in [0.3, 0.4) is 0 Å². The standard InChI is InChI=1S/C16H14N4O2S/c17-14(21)10-3-1-9(2-4-10)8-19-15(22)11-5-6-12-13(7-11)23-16(18)20-12/h1-7H,8H2,(H2,17,21)(H2,18,20)(H,19,22). The lowest BCUT2D eigenvalue weighted by Crippen LogP contribution is -2.22. The molecule has 5 N–H and O–H groups in total. The average molecular weight is 326 g/mol. The summed E-state index contributed by atoms with van der Waals surface area (Å²) in [6.45, 7) is 0.362. The van der Waals surface area contributed by atoms with E-state index >= 15 is 0 Å². The molecular formula is C16H14N4O2S. The van der Waals surface area contributed by atoms with Gasteiger partial charge < -0.3 is 16.8 Å². The molecule has 0 aliphatic rings. The zero-order valence-corrected chi connectivity index (χ0v) is 12.9. The van der Waals surface area contributed by atoms with Gasteiger partial charge in [-0.3, -0.25) is 9.59 Å². The first-order valence-electron chi connectivity index (χ1n) is 6.86. The summed E-state index contributed by atoms with van der Waals surface area (Å²) in [4.78, 5) is 27.4. The van der Waals surface area contributed by atoms with Crippen molar-refractivity contribution in [2.24, 2.45) is 5.73 Å². The first kappa shape index (κ1) is 15.0. The number of nitrogens with two attached hydrogens (primary N) is 2. The van der Waals surface area contributed by atoms with E-state index in [4.69, 9.17) is 11.5 Å². The van der Waals surface area contributed by atoms with Gasteiger partial charge in [0.25, 0.3) is 5.91 Å². The monoisotopic (exact) mass is 326 g/mol. The molecule has 0 aliphatic heterocycles. The van der Waals surface area contributed by atoms with E-state index in [-0.39, 0.29) is 5.91 Å². The number of hydrogen-bond acceptors (Lipinski definition) is 5. The number of carbonyl (C=O) groups is 2. The maximum atomic E-state index is 12.2. The Balaban J connectivity index is 1.69. The van der Waals surface area contributed by atoms with Crippen LogP contribution in [-0.4, -0.2) is 16.8 Å². The lowest BCUT2D eigenvalue weighted by Gasteiger charge is -2.06. The summed E-state index contributed by atoms with van der Waals surface area (Å²) in [5.41, 5.74) is 13.5. The molecule has 0 aliphatic carbocycles. The van der Waals surface area contributed by atoms with Crippen LogP contribution in [0.5, 0.6) is 0 Å². The molecule has 0 spiro atoms. The van der Waals surface area contributed by atoms with Gasteiger partial charge in [0.05, 0.1) is 10.2 Å². The summed E-state index contributed by atoms with van der Waals surface area (Å²) in [5.74, 6) is -0.657. The molecule has 0 bridgehead atoms. The second-order valence-corrected chi connectivity index (χ2v) is 6.04. The van der Waals surface area contributed by atoms with Crippen molar-refractivity contribution >= 4 is 38.5 Å². The van der Waals surface area contributed by atoms with E-state index in [0.717, 1.165) is 15.8 Å². The van der Waals surface area contributed by atoms with Crippen molar-refractivity contribution in [2.75, 3.05) is 5.73 Å². The van der Waals surface area contributed by atoms with Crippen LogP contribution in [0.1, 0.15) is 26.3 Å². The fraction of sp³-hybridized carbons (Fsp3) is 0.0625. The third-order valence-electron chi connectivity index (χ3n) is 3.36. The number of nitrogens with zero attached hydrogens (tertiary/aromatic N) is 1. The summed E-state index contributed by atoms with van der Waals surface area (Å²) in [5, 5.41) is 3.31. The quantitative estimate of drug-likeness (QED) is 0.680. The van der Waals surface area contributed by atoms with Crippen LogP contribution in [0.25, 0.3) is 10.2 Å². The summed E-state index contributed by atoms with van der Waals surface area (Å²) >= 11 is 1.35. The van der Waals surface area contributed by atoms with E-state index in [1.165, 1.54) is 11.3 Å². The second kappa shape index (κ2) is 6.05. The van der Waals surface area contributed by atoms with E-state index < -0.39 is 5.91 Å². The number of anilines is 1. The van der Waals surface area contributed by atoms with Gasteiger partial charge in [0.15, 0.2) is 5.13 Å². The van der Waals surface area contributed by atoms with Crippen LogP contribution in [-0.2, 0) is 6.54 Å². The van der Waals surface area contributed by atoms with Crippen LogP contribution < -0.4 is 16.8 Å². The van der Waals surface area contributed by atoms with Crippen molar-refractivity contribution in [1.29, 1.82) is 0 Å². The lowest BCUT2D eigenvalue weighted by atomic mass is 10.1. The maximum Gasteiger partial charge on any atom is 0.251 e. The number of aromatic nitrogens is 1. The minimum absolute atomic E-state index is 0.183. The Labute approximate surface area is 136 Å². The Morgan fingerprint density at radius 3 is 2.48 bits per heavy atom. The summed E-state index contributed by atoms with van der Waals surface area (Å²) in [6, 6.07) is 12.0. The minimum Gasteiger partial charge on any atom is -0.375 e. The highest BCUT2D eigenvalue weighted by Crippen LogP contribution is 2.24. The second-order valence-electron chi connectivity index (χ2n) is 4.98. The zero-order chi connectivity index (χ0) is 16.4. The Morgan fingerprint density at radius 2 is 1.78 bits per heavy atom. The van der Waals surface area contributed by atoms with Crippen molar-refractivity contribution in [3.63, 3.8) is 0 Å². The largest absolute Gasteiger partial charge is 0.375 e. The molecule has 7 heteroatoms. The highest BCUT2D eigenvalue weighted by molar-refractivity contribution is 7.22. The molecule has 6 nitrogen and oxygen atoms in total. The number of nitrogen functional groups attached to an aromatic ring is 1. The van der Waals surface area contributed by atoms with Crippen molar-refractivity contribution in [3.05, 3.63) is 59.2 Å². The van der Waals surface area contributed by atoms with Gasteiger partial charge in [0.1, 0.15) is 0 Å². The molecule has 3 aromatic rings. The smallest absolute Gasteiger partial charge is 0.251 e. The molecule has 1 heterocycles. The van der Waals surface area contributed by atoms with Crippen molar-refractivity contribution in [3.8, 4) is 0 Å². The number of primary amides is 1. The molecule has 3 rings (SSSR count). The number of amides is 2. The van der Waals surface area contributed by atoms with E-state index in [2.05, 4.69) is 10.3 Å². The van der Waals surface area contributed by atoms with Gasteiger partial charge in [-0.25, -0.2) is 4.98 Å². The van der Waals surface area contributed by atoms with Gasteiger partial charge in [-0.15, -0.1) is 0 Å². The third kappa shape index (κ3) is 3.29. The Bertz CT molecular complexity index is 887. The van der Waals surface area contributed by atoms with Crippen LogP contribution in [0.4, 0.5) is 5.13 Å². The molecule has 2 aromatic carbocycles. The number of thiazole rings is 1. The molecule has 23 heavy (non-hydrogen) atoms. The lowest BCUT2D eigenvalue weighted by molar-refractivity contribution is 0.0949. The average Bonchev–Trinajstić information content (AvgIpc) is 2.92. The molecular weight excluding hydrogens is 312 g/mol. The van der Waals surface area contributed by atoms with E-state index in [1.807, 2.05) is 0 Å². The predicted octanol–water partition coefficient (Wildman–Crippen LogP) is 1.91. The highest BCUT2D eigenvalue weighted by atomic mass is 32.1. The number of benzene rings is 2. The molecule has 0 fully saturated rings. The first-order chi connectivity index (χ1) is 11.0. The number of rotatable bonds is 4. The van der Waals surface area contributed by atoms with Crippen LogP contribution in [0, 0.1) is 0 Å². The van der Waals surface area contributed by atoms with Crippen molar-refractivity contribution in [1.82, 2.24) is 10.3 Å². The SMILES string of the molecule is NC(=O)c1ccc(CNC(=O)c2ccc3nc(N)sc3c2)cc1. The van der Waals surface area contributed by atoms with Crippen molar-refractivity contribution < 1.29 is 9.59 Å². The molecule has 0 saturated heterocycles. The summed E-state index contributed by atoms with van der Waals surface area (Å²) in [7, 11) is 0. The third-order valence-corrected chi connectivity index (χ3v) is 4.21. The van der Waals surface area contributed by atoms with Crippen LogP contribution in [0.15, 0.2) is 42.5 Å². The van der Waals surface area contributed by atoms with Gasteiger partial charge >= 0.3 is 0 Å². The molecule has 0 radical (unpaired) electrons. The zero-order valence-electron chi connectivity index (χ0n) is 12.1. The molecule has 1 aromatic heterocycles. The summed E-state index contributed by atoms with van der Waals surface area (Å²) in [6.07, 6.45) is 0. The van der Waals surface area contributed by atoms with Gasteiger partial charge in [0, 0.05) is 17.7 Å². The Hall–Kier alpha value is -2.93. The minimum atomic E-state index is -0.474. The topological polar surface area (TPSA) is 111 Å². The van der Waals surface area contributed by atoms with Crippen LogP contribution in [0.2, 0.25) is 0 Å². The van der Waals surface area contributed by atoms with Crippen molar-refractivity contribution in [2.45, 2.75) is 6.54 Å². The van der Waals surface area contributed by atoms with Gasteiger partial charge in [0.2, 0.25) is 5.91 Å². The summed E-state index contributed by atoms with van der Waals surface area (Å²) < 4.78 is 0.876. The van der Waals surface area contributed by atoms with E-state index in [9.17, 15) is 9.59 Å². The van der Waals surface area contributed by atoms with E-state index in [1.54, 1.807) is 42.5 Å². The van der Waals surface area contributed by atoms with Crippen LogP contribution >= 0.6 is 11.3 Å². The Kier molecular flexibility index (Phi) is 3.94. The molecule has 0 unspecified atom stereocenters. The fourth-order valence-electron chi connectivity index (χ4n) is 2.15. The number of hydrogen-bond donors (Lipinski definition) is 3. The number of fused-ring (bicyclic) bond motifs is 1. The molecule has 0 atom stereocenters. The van der Waals surface area contributed by atoms with Gasteiger partial charge in [-0.2, -0.15) is 0 Å². The number of nitrogens with one attached hydrogen (secondary N) is 1. The molecule has 0 saturated carbocycles. The maximum absolute atomic E-state index is 12.2. The normalized spacial score (nSPS) is 10.6. The van der Waals surface area contributed by atoms with Gasteiger partial charge in [-0.1, -0.05) is 23.5 Å². The number of carbonyl (C=O) groups excluding carboxylic acids is 2. The first-order valence-corrected chi connectivity index (χ1v) is 7.67. The highest BCUT2D eigenvalue weighted by Gasteiger charge is 2.09. The molecule has 116 valence electrons.